The Morgan fingerprint density at radius 1 is 1.33 bits per heavy atom. The van der Waals surface area contributed by atoms with Gasteiger partial charge >= 0.3 is 0 Å². The van der Waals surface area contributed by atoms with Gasteiger partial charge in [0.1, 0.15) is 11.3 Å². The number of fused-ring (bicyclic) bond motifs is 1. The molecule has 0 saturated carbocycles. The minimum absolute atomic E-state index is 0.0439. The number of halogens is 1. The van der Waals surface area contributed by atoms with E-state index in [1.807, 2.05) is 12.1 Å². The summed E-state index contributed by atoms with van der Waals surface area (Å²) in [5.74, 6) is 0.351. The minimum atomic E-state index is -1.26. The van der Waals surface area contributed by atoms with Gasteiger partial charge in [-0.1, -0.05) is 20.8 Å². The maximum Gasteiger partial charge on any atom is 0.256 e. The van der Waals surface area contributed by atoms with Gasteiger partial charge in [-0.3, -0.25) is 4.79 Å². The molecule has 0 bridgehead atoms. The molecule has 128 valence electrons. The molecule has 1 amide bonds. The highest BCUT2D eigenvalue weighted by molar-refractivity contribution is 9.10. The van der Waals surface area contributed by atoms with Crippen molar-refractivity contribution in [1.29, 1.82) is 0 Å². The monoisotopic (exact) mass is 393 g/mol. The van der Waals surface area contributed by atoms with Crippen LogP contribution in [0.25, 0.3) is 0 Å². The third kappa shape index (κ3) is 2.53. The van der Waals surface area contributed by atoms with Gasteiger partial charge in [0.05, 0.1) is 10.2 Å². The number of hydrogen-bond acceptors (Lipinski definition) is 5. The number of anilines is 1. The second kappa shape index (κ2) is 5.17. The molecule has 2 aliphatic rings. The first-order valence-corrected chi connectivity index (χ1v) is 8.31. The van der Waals surface area contributed by atoms with Crippen molar-refractivity contribution in [3.05, 3.63) is 45.5 Å². The third-order valence-corrected chi connectivity index (χ3v) is 4.62. The number of hydrogen-bond donors (Lipinski definition) is 3. The van der Waals surface area contributed by atoms with E-state index in [2.05, 4.69) is 42.0 Å². The number of nitrogens with two attached hydrogens (primary N) is 2. The average molecular weight is 394 g/mol. The average Bonchev–Trinajstić information content (AvgIpc) is 2.74. The fourth-order valence-corrected chi connectivity index (χ4v) is 3.43. The molecule has 7 heteroatoms. The van der Waals surface area contributed by atoms with Crippen molar-refractivity contribution < 1.29 is 14.3 Å². The Bertz CT molecular complexity index is 808. The number of carbonyl (C=O) groups excluding carboxylic acids is 1. The minimum Gasteiger partial charge on any atom is -0.456 e. The largest absolute Gasteiger partial charge is 0.456 e. The van der Waals surface area contributed by atoms with Crippen LogP contribution in [0.5, 0.6) is 5.75 Å². The molecular weight excluding hydrogens is 374 g/mol. The van der Waals surface area contributed by atoms with Gasteiger partial charge in [-0.05, 0) is 46.0 Å². The number of benzene rings is 1. The van der Waals surface area contributed by atoms with Crippen LogP contribution >= 0.6 is 15.9 Å². The van der Waals surface area contributed by atoms with Crippen molar-refractivity contribution in [2.24, 2.45) is 11.5 Å². The first kappa shape index (κ1) is 16.7. The van der Waals surface area contributed by atoms with Crippen molar-refractivity contribution >= 4 is 27.5 Å². The van der Waals surface area contributed by atoms with Gasteiger partial charge in [0.25, 0.3) is 5.91 Å². The van der Waals surface area contributed by atoms with Gasteiger partial charge < -0.3 is 26.3 Å². The molecule has 1 aromatic rings. The Morgan fingerprint density at radius 3 is 2.58 bits per heavy atom. The number of ether oxygens (including phenoxy) is 2. The maximum absolute atomic E-state index is 11.9. The van der Waals surface area contributed by atoms with Crippen molar-refractivity contribution in [3.63, 3.8) is 0 Å². The quantitative estimate of drug-likeness (QED) is 0.680. The van der Waals surface area contributed by atoms with Gasteiger partial charge in [-0.15, -0.1) is 0 Å². The van der Waals surface area contributed by atoms with Crippen molar-refractivity contribution in [1.82, 2.24) is 0 Å². The van der Waals surface area contributed by atoms with Crippen molar-refractivity contribution in [2.45, 2.75) is 38.8 Å². The molecular formula is C17H20BrN3O3. The lowest BCUT2D eigenvalue weighted by Gasteiger charge is -2.31. The summed E-state index contributed by atoms with van der Waals surface area (Å²) in [4.78, 5) is 11.9. The molecule has 1 aromatic carbocycles. The molecule has 2 aliphatic heterocycles. The Kier molecular flexibility index (Phi) is 3.60. The van der Waals surface area contributed by atoms with Crippen LogP contribution in [0.3, 0.4) is 0 Å². The van der Waals surface area contributed by atoms with Gasteiger partial charge in [-0.25, -0.2) is 0 Å². The molecule has 1 unspecified atom stereocenters. The Morgan fingerprint density at radius 2 is 2.00 bits per heavy atom. The van der Waals surface area contributed by atoms with E-state index >= 15 is 0 Å². The summed E-state index contributed by atoms with van der Waals surface area (Å²) in [6, 6.07) is 4.01. The van der Waals surface area contributed by atoms with E-state index in [9.17, 15) is 4.79 Å². The van der Waals surface area contributed by atoms with Crippen LogP contribution in [-0.4, -0.2) is 11.6 Å². The maximum atomic E-state index is 11.9. The van der Waals surface area contributed by atoms with E-state index in [0.717, 1.165) is 15.7 Å². The smallest absolute Gasteiger partial charge is 0.256 e. The number of primary amides is 1. The molecule has 24 heavy (non-hydrogen) atoms. The van der Waals surface area contributed by atoms with Gasteiger partial charge in [0.2, 0.25) is 11.6 Å². The summed E-state index contributed by atoms with van der Waals surface area (Å²) in [5, 5.41) is 3.25. The Labute approximate surface area is 149 Å². The molecule has 1 spiro atoms. The highest BCUT2D eigenvalue weighted by Crippen LogP contribution is 2.48. The summed E-state index contributed by atoms with van der Waals surface area (Å²) in [5.41, 5.74) is 12.0. The molecule has 6 nitrogen and oxygen atoms in total. The van der Waals surface area contributed by atoms with Crippen molar-refractivity contribution in [2.75, 3.05) is 5.32 Å². The molecule has 0 aliphatic carbocycles. The van der Waals surface area contributed by atoms with E-state index in [1.54, 1.807) is 13.0 Å². The summed E-state index contributed by atoms with van der Waals surface area (Å²) in [7, 11) is 0. The molecule has 0 fully saturated rings. The zero-order chi connectivity index (χ0) is 17.9. The van der Waals surface area contributed by atoms with Crippen LogP contribution in [-0.2, 0) is 14.9 Å². The molecule has 0 aromatic heterocycles. The van der Waals surface area contributed by atoms with Crippen LogP contribution in [0.15, 0.2) is 39.9 Å². The lowest BCUT2D eigenvalue weighted by atomic mass is 9.87. The molecule has 0 saturated heterocycles. The zero-order valence-corrected chi connectivity index (χ0v) is 15.6. The van der Waals surface area contributed by atoms with Gasteiger partial charge in [0.15, 0.2) is 5.75 Å². The second-order valence-corrected chi connectivity index (χ2v) is 7.86. The van der Waals surface area contributed by atoms with E-state index in [0.29, 0.717) is 11.5 Å². The topological polar surface area (TPSA) is 99.6 Å². The second-order valence-electron chi connectivity index (χ2n) is 7.01. The number of carbonyl (C=O) groups is 1. The van der Waals surface area contributed by atoms with Crippen LogP contribution in [0.2, 0.25) is 0 Å². The predicted octanol–water partition coefficient (Wildman–Crippen LogP) is 2.84. The highest BCUT2D eigenvalue weighted by atomic mass is 79.9. The van der Waals surface area contributed by atoms with Crippen LogP contribution < -0.4 is 21.5 Å². The number of rotatable bonds is 1. The Balaban J connectivity index is 2.14. The Hall–Kier alpha value is -2.15. The summed E-state index contributed by atoms with van der Waals surface area (Å²) < 4.78 is 12.2. The number of allylic oxidation sites excluding steroid dienone is 1. The van der Waals surface area contributed by atoms with Gasteiger partial charge in [-0.2, -0.15) is 0 Å². The van der Waals surface area contributed by atoms with Gasteiger partial charge in [0, 0.05) is 6.08 Å². The standard InChI is InChI=1S/C17H20BrN3O3/c1-8-7-17(12(14(19)22)15(20)23-8)21-11-6-9(16(2,3)4)5-10(18)13(11)24-17/h5-7,21H,20H2,1-4H3,(H2,19,22). The van der Waals surface area contributed by atoms with Crippen molar-refractivity contribution in [3.8, 4) is 5.75 Å². The fraction of sp³-hybridized carbons (Fsp3) is 0.353. The lowest BCUT2D eigenvalue weighted by Crippen LogP contribution is -2.48. The zero-order valence-electron chi connectivity index (χ0n) is 14.0. The van der Waals surface area contributed by atoms with E-state index < -0.39 is 11.6 Å². The number of amides is 1. The third-order valence-electron chi connectivity index (χ3n) is 4.03. The molecule has 0 radical (unpaired) electrons. The molecule has 5 N–H and O–H groups in total. The van der Waals surface area contributed by atoms with E-state index in [1.165, 1.54) is 0 Å². The van der Waals surface area contributed by atoms with Crippen LogP contribution in [0, 0.1) is 0 Å². The van der Waals surface area contributed by atoms with E-state index in [-0.39, 0.29) is 16.9 Å². The first-order chi connectivity index (χ1) is 11.0. The molecule has 3 rings (SSSR count). The highest BCUT2D eigenvalue weighted by Gasteiger charge is 2.49. The predicted molar refractivity (Wildman–Crippen MR) is 95.1 cm³/mol. The van der Waals surface area contributed by atoms with E-state index in [4.69, 9.17) is 20.9 Å². The fourth-order valence-electron chi connectivity index (χ4n) is 2.89. The van der Waals surface area contributed by atoms with Crippen LogP contribution in [0.1, 0.15) is 33.3 Å². The normalized spacial score (nSPS) is 22.5. The number of nitrogens with one attached hydrogen (secondary N) is 1. The summed E-state index contributed by atoms with van der Waals surface area (Å²) in [6.07, 6.45) is 1.66. The first-order valence-electron chi connectivity index (χ1n) is 7.52. The molecule has 2 heterocycles. The lowest BCUT2D eigenvalue weighted by molar-refractivity contribution is -0.116. The summed E-state index contributed by atoms with van der Waals surface area (Å²) >= 11 is 3.55. The molecule has 1 atom stereocenters. The summed E-state index contributed by atoms with van der Waals surface area (Å²) in [6.45, 7) is 8.10. The van der Waals surface area contributed by atoms with Crippen LogP contribution in [0.4, 0.5) is 5.69 Å². The SMILES string of the molecule is CC1=CC2(Nc3cc(C(C)(C)C)cc(Br)c3O2)C(C(N)=O)=C(N)O1.